The molecule has 0 atom stereocenters. The predicted octanol–water partition coefficient (Wildman–Crippen LogP) is 4.70. The van der Waals surface area contributed by atoms with Crippen LogP contribution in [0, 0.1) is 0 Å². The van der Waals surface area contributed by atoms with E-state index in [1.165, 1.54) is 17.4 Å². The first kappa shape index (κ1) is 17.7. The van der Waals surface area contributed by atoms with Crippen LogP contribution in [0.25, 0.3) is 0 Å². The predicted molar refractivity (Wildman–Crippen MR) is 100 cm³/mol. The van der Waals surface area contributed by atoms with E-state index in [4.69, 9.17) is 27.9 Å². The van der Waals surface area contributed by atoms with Crippen LogP contribution in [0.2, 0.25) is 10.0 Å². The quantitative estimate of drug-likeness (QED) is 0.682. The van der Waals surface area contributed by atoms with Crippen molar-refractivity contribution in [2.45, 2.75) is 6.42 Å². The zero-order valence-electron chi connectivity index (χ0n) is 13.1. The third kappa shape index (κ3) is 4.28. The maximum Gasteiger partial charge on any atom is 0.259 e. The fourth-order valence-corrected chi connectivity index (χ4v) is 3.36. The number of carbonyl (C=O) groups excluding carboxylic acids is 1. The van der Waals surface area contributed by atoms with Crippen LogP contribution < -0.4 is 10.1 Å². The SMILES string of the molecule is COc1ccccc1Cc1nnc(NC(=O)c2cc(Cl)ccc2Cl)s1. The van der Waals surface area contributed by atoms with E-state index >= 15 is 0 Å². The van der Waals surface area contributed by atoms with E-state index in [9.17, 15) is 4.79 Å². The Morgan fingerprint density at radius 2 is 2.00 bits per heavy atom. The monoisotopic (exact) mass is 393 g/mol. The minimum absolute atomic E-state index is 0.288. The van der Waals surface area contributed by atoms with Gasteiger partial charge in [0.25, 0.3) is 5.91 Å². The summed E-state index contributed by atoms with van der Waals surface area (Å²) < 4.78 is 5.33. The fraction of sp³-hybridized carbons (Fsp3) is 0.118. The van der Waals surface area contributed by atoms with Crippen LogP contribution in [0.5, 0.6) is 5.75 Å². The van der Waals surface area contributed by atoms with Crippen molar-refractivity contribution in [2.24, 2.45) is 0 Å². The molecule has 3 rings (SSSR count). The summed E-state index contributed by atoms with van der Waals surface area (Å²) in [4.78, 5) is 12.3. The summed E-state index contributed by atoms with van der Waals surface area (Å²) >= 11 is 13.2. The van der Waals surface area contributed by atoms with Crippen LogP contribution in [0.4, 0.5) is 5.13 Å². The first-order valence-corrected chi connectivity index (χ1v) is 8.84. The van der Waals surface area contributed by atoms with Crippen molar-refractivity contribution in [2.75, 3.05) is 12.4 Å². The number of methoxy groups -OCH3 is 1. The minimum atomic E-state index is -0.382. The topological polar surface area (TPSA) is 64.1 Å². The molecule has 2 aromatic carbocycles. The van der Waals surface area contributed by atoms with Gasteiger partial charge >= 0.3 is 0 Å². The number of aromatic nitrogens is 2. The average molecular weight is 394 g/mol. The van der Waals surface area contributed by atoms with E-state index < -0.39 is 0 Å². The molecule has 1 amide bonds. The summed E-state index contributed by atoms with van der Waals surface area (Å²) in [7, 11) is 1.62. The molecule has 3 aromatic rings. The van der Waals surface area contributed by atoms with Gasteiger partial charge in [0.05, 0.1) is 17.7 Å². The zero-order chi connectivity index (χ0) is 17.8. The lowest BCUT2D eigenvalue weighted by Gasteiger charge is -2.05. The van der Waals surface area contributed by atoms with Crippen LogP contribution in [0.15, 0.2) is 42.5 Å². The molecule has 0 radical (unpaired) electrons. The second-order valence-electron chi connectivity index (χ2n) is 5.07. The molecule has 0 unspecified atom stereocenters. The highest BCUT2D eigenvalue weighted by Crippen LogP contribution is 2.26. The molecule has 25 heavy (non-hydrogen) atoms. The lowest BCUT2D eigenvalue weighted by Crippen LogP contribution is -2.12. The van der Waals surface area contributed by atoms with Gasteiger partial charge in [0, 0.05) is 17.0 Å². The summed E-state index contributed by atoms with van der Waals surface area (Å²) in [5.74, 6) is 0.404. The van der Waals surface area contributed by atoms with E-state index in [1.54, 1.807) is 19.2 Å². The Kier molecular flexibility index (Phi) is 5.53. The molecule has 8 heteroatoms. The second-order valence-corrected chi connectivity index (χ2v) is 6.97. The van der Waals surface area contributed by atoms with Crippen molar-refractivity contribution < 1.29 is 9.53 Å². The van der Waals surface area contributed by atoms with Crippen LogP contribution in [-0.2, 0) is 6.42 Å². The Balaban J connectivity index is 1.73. The molecule has 0 bridgehead atoms. The molecular formula is C17H13Cl2N3O2S. The van der Waals surface area contributed by atoms with Gasteiger partial charge in [0.2, 0.25) is 5.13 Å². The van der Waals surface area contributed by atoms with Gasteiger partial charge in [-0.05, 0) is 24.3 Å². The zero-order valence-corrected chi connectivity index (χ0v) is 15.5. The molecule has 0 aliphatic carbocycles. The van der Waals surface area contributed by atoms with E-state index in [0.717, 1.165) is 16.3 Å². The van der Waals surface area contributed by atoms with Gasteiger partial charge in [-0.25, -0.2) is 0 Å². The normalized spacial score (nSPS) is 10.5. The molecule has 1 aromatic heterocycles. The number of nitrogens with one attached hydrogen (secondary N) is 1. The van der Waals surface area contributed by atoms with Crippen LogP contribution in [0.1, 0.15) is 20.9 Å². The minimum Gasteiger partial charge on any atom is -0.496 e. The maximum absolute atomic E-state index is 12.3. The molecule has 0 saturated heterocycles. The Morgan fingerprint density at radius 3 is 2.80 bits per heavy atom. The summed E-state index contributed by atoms with van der Waals surface area (Å²) in [6, 6.07) is 12.4. The van der Waals surface area contributed by atoms with Crippen LogP contribution >= 0.6 is 34.5 Å². The van der Waals surface area contributed by atoms with Crippen LogP contribution in [0.3, 0.4) is 0 Å². The van der Waals surface area contributed by atoms with Crippen molar-refractivity contribution >= 4 is 45.6 Å². The number of anilines is 1. The molecule has 0 saturated carbocycles. The Hall–Kier alpha value is -2.15. The Bertz CT molecular complexity index is 914. The van der Waals surface area contributed by atoms with Crippen molar-refractivity contribution in [3.63, 3.8) is 0 Å². The molecular weight excluding hydrogens is 381 g/mol. The number of rotatable bonds is 5. The lowest BCUT2D eigenvalue weighted by molar-refractivity contribution is 0.102. The Labute approximate surface area is 158 Å². The number of hydrogen-bond donors (Lipinski definition) is 1. The van der Waals surface area contributed by atoms with Crippen molar-refractivity contribution in [3.05, 3.63) is 68.6 Å². The number of ether oxygens (including phenoxy) is 1. The van der Waals surface area contributed by atoms with Crippen molar-refractivity contribution in [1.82, 2.24) is 10.2 Å². The van der Waals surface area contributed by atoms with Gasteiger partial charge in [-0.2, -0.15) is 0 Å². The van der Waals surface area contributed by atoms with Gasteiger partial charge in [0.1, 0.15) is 10.8 Å². The smallest absolute Gasteiger partial charge is 0.259 e. The molecule has 1 heterocycles. The first-order valence-electron chi connectivity index (χ1n) is 7.27. The molecule has 5 nitrogen and oxygen atoms in total. The second kappa shape index (κ2) is 7.82. The molecule has 0 aliphatic heterocycles. The lowest BCUT2D eigenvalue weighted by atomic mass is 10.1. The van der Waals surface area contributed by atoms with E-state index in [1.807, 2.05) is 24.3 Å². The molecule has 0 fully saturated rings. The van der Waals surface area contributed by atoms with Gasteiger partial charge < -0.3 is 4.74 Å². The number of amides is 1. The van der Waals surface area contributed by atoms with Crippen LogP contribution in [-0.4, -0.2) is 23.2 Å². The van der Waals surface area contributed by atoms with E-state index in [0.29, 0.717) is 21.6 Å². The standard InChI is InChI=1S/C17H13Cl2N3O2S/c1-24-14-5-3-2-4-10(14)8-15-21-22-17(25-15)20-16(23)12-9-11(18)6-7-13(12)19/h2-7,9H,8H2,1H3,(H,20,22,23). The highest BCUT2D eigenvalue weighted by Gasteiger charge is 2.14. The molecule has 0 aliphatic rings. The fourth-order valence-electron chi connectivity index (χ4n) is 2.22. The summed E-state index contributed by atoms with van der Waals surface area (Å²) in [5, 5.41) is 12.7. The highest BCUT2D eigenvalue weighted by atomic mass is 35.5. The van der Waals surface area contributed by atoms with E-state index in [2.05, 4.69) is 15.5 Å². The number of para-hydroxylation sites is 1. The summed E-state index contributed by atoms with van der Waals surface area (Å²) in [6.07, 6.45) is 0.565. The third-order valence-corrected chi connectivity index (χ3v) is 4.80. The number of nitrogens with zero attached hydrogens (tertiary/aromatic N) is 2. The van der Waals surface area contributed by atoms with Crippen molar-refractivity contribution in [3.8, 4) is 5.75 Å². The van der Waals surface area contributed by atoms with Crippen molar-refractivity contribution in [1.29, 1.82) is 0 Å². The van der Waals surface area contributed by atoms with E-state index in [-0.39, 0.29) is 11.5 Å². The Morgan fingerprint density at radius 1 is 1.20 bits per heavy atom. The first-order chi connectivity index (χ1) is 12.1. The third-order valence-electron chi connectivity index (χ3n) is 3.39. The average Bonchev–Trinajstić information content (AvgIpc) is 3.04. The maximum atomic E-state index is 12.3. The largest absolute Gasteiger partial charge is 0.496 e. The van der Waals surface area contributed by atoms with Gasteiger partial charge in [-0.3, -0.25) is 10.1 Å². The molecule has 128 valence electrons. The van der Waals surface area contributed by atoms with Gasteiger partial charge in [-0.15, -0.1) is 10.2 Å². The molecule has 1 N–H and O–H groups in total. The summed E-state index contributed by atoms with van der Waals surface area (Å²) in [6.45, 7) is 0. The number of halogens is 2. The number of carbonyl (C=O) groups is 1. The number of hydrogen-bond acceptors (Lipinski definition) is 5. The highest BCUT2D eigenvalue weighted by molar-refractivity contribution is 7.15. The molecule has 0 spiro atoms. The number of benzene rings is 2. The van der Waals surface area contributed by atoms with Gasteiger partial charge in [-0.1, -0.05) is 52.7 Å². The van der Waals surface area contributed by atoms with Gasteiger partial charge in [0.15, 0.2) is 0 Å². The summed E-state index contributed by atoms with van der Waals surface area (Å²) in [5.41, 5.74) is 1.28.